The average Bonchev–Trinajstić information content (AvgIpc) is 3.11. The number of aromatic nitrogens is 2. The molecule has 2 N–H and O–H groups in total. The van der Waals surface area contributed by atoms with Crippen molar-refractivity contribution in [2.75, 3.05) is 0 Å². The number of thiophene rings is 1. The largest absolute Gasteiger partial charge is 0.309 e. The summed E-state index contributed by atoms with van der Waals surface area (Å²) in [5, 5.41) is 6.56. The number of hydrogen-bond acceptors (Lipinski definition) is 4. The first-order valence-electron chi connectivity index (χ1n) is 8.67. The zero-order chi connectivity index (χ0) is 18.8. The Hall–Kier alpha value is -2.47. The highest BCUT2D eigenvalue weighted by Crippen LogP contribution is 2.34. The Bertz CT molecular complexity index is 1140. The SMILES string of the molecule is C[C@@H](NCc1nc2scc(-c3ccccc3Cl)c2c(=O)[nH]1)c1ccccc1. The number of nitrogens with one attached hydrogen (secondary N) is 2. The quantitative estimate of drug-likeness (QED) is 0.491. The van der Waals surface area contributed by atoms with Crippen molar-refractivity contribution < 1.29 is 0 Å². The molecule has 0 aliphatic heterocycles. The lowest BCUT2D eigenvalue weighted by molar-refractivity contribution is 0.559. The van der Waals surface area contributed by atoms with E-state index in [0.29, 0.717) is 22.8 Å². The third kappa shape index (κ3) is 3.67. The van der Waals surface area contributed by atoms with Crippen LogP contribution in [0.5, 0.6) is 0 Å². The molecule has 0 saturated heterocycles. The molecule has 4 rings (SSSR count). The number of hydrogen-bond donors (Lipinski definition) is 2. The van der Waals surface area contributed by atoms with Crippen molar-refractivity contribution in [3.63, 3.8) is 0 Å². The van der Waals surface area contributed by atoms with Crippen LogP contribution in [-0.2, 0) is 6.54 Å². The van der Waals surface area contributed by atoms with Gasteiger partial charge in [0.25, 0.3) is 5.56 Å². The second kappa shape index (κ2) is 7.64. The van der Waals surface area contributed by atoms with Gasteiger partial charge in [0.05, 0.1) is 11.9 Å². The lowest BCUT2D eigenvalue weighted by Crippen LogP contribution is -2.22. The van der Waals surface area contributed by atoms with E-state index in [2.05, 4.69) is 34.3 Å². The van der Waals surface area contributed by atoms with Gasteiger partial charge >= 0.3 is 0 Å². The number of halogens is 1. The van der Waals surface area contributed by atoms with Gasteiger partial charge in [-0.3, -0.25) is 4.79 Å². The summed E-state index contributed by atoms with van der Waals surface area (Å²) >= 11 is 7.76. The van der Waals surface area contributed by atoms with Gasteiger partial charge in [0, 0.05) is 27.6 Å². The molecule has 0 bridgehead atoms. The fourth-order valence-electron chi connectivity index (χ4n) is 3.06. The minimum atomic E-state index is -0.139. The first-order valence-corrected chi connectivity index (χ1v) is 9.93. The van der Waals surface area contributed by atoms with E-state index in [1.54, 1.807) is 0 Å². The van der Waals surface area contributed by atoms with Gasteiger partial charge in [-0.25, -0.2) is 4.98 Å². The molecule has 136 valence electrons. The second-order valence-electron chi connectivity index (χ2n) is 6.34. The fourth-order valence-corrected chi connectivity index (χ4v) is 4.26. The van der Waals surface area contributed by atoms with Crippen LogP contribution in [0.4, 0.5) is 0 Å². The molecule has 6 heteroatoms. The standard InChI is InChI=1S/C21H18ClN3OS/c1-13(14-7-3-2-4-8-14)23-11-18-24-20(26)19-16(12-27-21(19)25-18)15-9-5-6-10-17(15)22/h2-10,12-13,23H,11H2,1H3,(H,24,25,26)/t13-/m1/s1. The highest BCUT2D eigenvalue weighted by molar-refractivity contribution is 7.17. The lowest BCUT2D eigenvalue weighted by Gasteiger charge is -2.13. The average molecular weight is 396 g/mol. The van der Waals surface area contributed by atoms with Crippen LogP contribution in [0.1, 0.15) is 24.4 Å². The molecule has 0 spiro atoms. The summed E-state index contributed by atoms with van der Waals surface area (Å²) in [5.74, 6) is 0.628. The molecule has 4 nitrogen and oxygen atoms in total. The molecule has 0 radical (unpaired) electrons. The molecule has 0 saturated carbocycles. The van der Waals surface area contributed by atoms with Crippen molar-refractivity contribution >= 4 is 33.2 Å². The highest BCUT2D eigenvalue weighted by atomic mass is 35.5. The van der Waals surface area contributed by atoms with Gasteiger partial charge in [-0.1, -0.05) is 60.1 Å². The molecule has 2 aromatic heterocycles. The summed E-state index contributed by atoms with van der Waals surface area (Å²) in [6.45, 7) is 2.58. The first-order chi connectivity index (χ1) is 13.1. The van der Waals surface area contributed by atoms with Crippen molar-refractivity contribution in [3.8, 4) is 11.1 Å². The summed E-state index contributed by atoms with van der Waals surface area (Å²) in [5.41, 5.74) is 2.73. The number of H-pyrrole nitrogens is 1. The van der Waals surface area contributed by atoms with Crippen LogP contribution in [0, 0.1) is 0 Å². The van der Waals surface area contributed by atoms with Crippen LogP contribution in [0.3, 0.4) is 0 Å². The van der Waals surface area contributed by atoms with Gasteiger partial charge in [0.1, 0.15) is 10.7 Å². The van der Waals surface area contributed by atoms with Gasteiger partial charge < -0.3 is 10.3 Å². The Morgan fingerprint density at radius 1 is 1.11 bits per heavy atom. The van der Waals surface area contributed by atoms with E-state index < -0.39 is 0 Å². The number of aromatic amines is 1. The van der Waals surface area contributed by atoms with E-state index in [1.165, 1.54) is 16.9 Å². The number of rotatable bonds is 5. The van der Waals surface area contributed by atoms with Crippen molar-refractivity contribution in [1.82, 2.24) is 15.3 Å². The van der Waals surface area contributed by atoms with Gasteiger partial charge in [0.15, 0.2) is 0 Å². The summed E-state index contributed by atoms with van der Waals surface area (Å²) in [7, 11) is 0. The van der Waals surface area contributed by atoms with E-state index in [0.717, 1.165) is 16.0 Å². The minimum Gasteiger partial charge on any atom is -0.309 e. The van der Waals surface area contributed by atoms with Crippen LogP contribution < -0.4 is 10.9 Å². The topological polar surface area (TPSA) is 57.8 Å². The molecule has 27 heavy (non-hydrogen) atoms. The van der Waals surface area contributed by atoms with E-state index in [-0.39, 0.29) is 11.6 Å². The Balaban J connectivity index is 1.62. The van der Waals surface area contributed by atoms with Gasteiger partial charge in [-0.2, -0.15) is 0 Å². The molecular formula is C21H18ClN3OS. The molecule has 0 aliphatic rings. The molecule has 0 amide bonds. The van der Waals surface area contributed by atoms with Gasteiger partial charge in [-0.05, 0) is 18.6 Å². The van der Waals surface area contributed by atoms with Crippen LogP contribution in [0.25, 0.3) is 21.3 Å². The smallest absolute Gasteiger partial charge is 0.260 e. The third-order valence-electron chi connectivity index (χ3n) is 4.53. The van der Waals surface area contributed by atoms with Gasteiger partial charge in [-0.15, -0.1) is 11.3 Å². The predicted molar refractivity (Wildman–Crippen MR) is 112 cm³/mol. The summed E-state index contributed by atoms with van der Waals surface area (Å²) in [4.78, 5) is 21.0. The molecular weight excluding hydrogens is 378 g/mol. The Morgan fingerprint density at radius 2 is 1.85 bits per heavy atom. The molecule has 1 atom stereocenters. The van der Waals surface area contributed by atoms with Crippen molar-refractivity contribution in [1.29, 1.82) is 0 Å². The molecule has 0 unspecified atom stereocenters. The molecule has 2 aromatic carbocycles. The van der Waals surface area contributed by atoms with Gasteiger partial charge in [0.2, 0.25) is 0 Å². The Morgan fingerprint density at radius 3 is 2.63 bits per heavy atom. The second-order valence-corrected chi connectivity index (χ2v) is 7.60. The number of fused-ring (bicyclic) bond motifs is 1. The molecule has 0 aliphatic carbocycles. The van der Waals surface area contributed by atoms with E-state index in [1.807, 2.05) is 47.8 Å². The Kier molecular flexibility index (Phi) is 5.07. The predicted octanol–water partition coefficient (Wildman–Crippen LogP) is 5.16. The lowest BCUT2D eigenvalue weighted by atomic mass is 10.1. The number of benzene rings is 2. The van der Waals surface area contributed by atoms with E-state index in [4.69, 9.17) is 11.6 Å². The maximum absolute atomic E-state index is 12.7. The van der Waals surface area contributed by atoms with Crippen molar-refractivity contribution in [2.45, 2.75) is 19.5 Å². The first kappa shape index (κ1) is 17.9. The normalized spacial score (nSPS) is 12.4. The van der Waals surface area contributed by atoms with Crippen LogP contribution in [-0.4, -0.2) is 9.97 Å². The maximum atomic E-state index is 12.7. The summed E-state index contributed by atoms with van der Waals surface area (Å²) in [6, 6.07) is 17.9. The van der Waals surface area contributed by atoms with Crippen LogP contribution >= 0.6 is 22.9 Å². The maximum Gasteiger partial charge on any atom is 0.260 e. The monoisotopic (exact) mass is 395 g/mol. The third-order valence-corrected chi connectivity index (χ3v) is 5.73. The molecule has 0 fully saturated rings. The zero-order valence-electron chi connectivity index (χ0n) is 14.7. The summed E-state index contributed by atoms with van der Waals surface area (Å²) in [6.07, 6.45) is 0. The molecule has 2 heterocycles. The van der Waals surface area contributed by atoms with Crippen LogP contribution in [0.2, 0.25) is 5.02 Å². The van der Waals surface area contributed by atoms with E-state index in [9.17, 15) is 4.79 Å². The molecule has 4 aromatic rings. The number of nitrogens with zero attached hydrogens (tertiary/aromatic N) is 1. The zero-order valence-corrected chi connectivity index (χ0v) is 16.3. The highest BCUT2D eigenvalue weighted by Gasteiger charge is 2.15. The van der Waals surface area contributed by atoms with Crippen LogP contribution in [0.15, 0.2) is 64.8 Å². The summed E-state index contributed by atoms with van der Waals surface area (Å²) < 4.78 is 0. The fraction of sp³-hybridized carbons (Fsp3) is 0.143. The Labute approximate surface area is 165 Å². The minimum absolute atomic E-state index is 0.139. The van der Waals surface area contributed by atoms with E-state index >= 15 is 0 Å². The van der Waals surface area contributed by atoms with Crippen molar-refractivity contribution in [2.24, 2.45) is 0 Å². The van der Waals surface area contributed by atoms with Crippen molar-refractivity contribution in [3.05, 3.63) is 86.7 Å².